The van der Waals surface area contributed by atoms with E-state index in [2.05, 4.69) is 10.3 Å². The fraction of sp³-hybridized carbons (Fsp3) is 0.200. The van der Waals surface area contributed by atoms with Crippen LogP contribution in [0.2, 0.25) is 0 Å². The Morgan fingerprint density at radius 1 is 1.16 bits per heavy atom. The summed E-state index contributed by atoms with van der Waals surface area (Å²) in [5.74, 6) is 0.208. The van der Waals surface area contributed by atoms with Crippen molar-refractivity contribution in [3.05, 3.63) is 54.2 Å². The lowest BCUT2D eigenvalue weighted by Crippen LogP contribution is -2.24. The fourth-order valence-corrected chi connectivity index (χ4v) is 2.27. The zero-order valence-electron chi connectivity index (χ0n) is 10.3. The van der Waals surface area contributed by atoms with Crippen molar-refractivity contribution in [2.75, 3.05) is 0 Å². The van der Waals surface area contributed by atoms with Gasteiger partial charge in [0.1, 0.15) is 0 Å². The number of nitrogens with one attached hydrogen (secondary N) is 1. The van der Waals surface area contributed by atoms with Gasteiger partial charge in [-0.1, -0.05) is 36.4 Å². The quantitative estimate of drug-likeness (QED) is 0.885. The molecule has 96 valence electrons. The van der Waals surface area contributed by atoms with Crippen molar-refractivity contribution >= 4 is 6.09 Å². The minimum Gasteiger partial charge on any atom is -0.465 e. The SMILES string of the molecule is O=C(O)N[C@@H]1C[C@@H]1c1cccc(-c2ccccc2)n1. The van der Waals surface area contributed by atoms with Crippen molar-refractivity contribution in [1.82, 2.24) is 10.3 Å². The molecule has 19 heavy (non-hydrogen) atoms. The van der Waals surface area contributed by atoms with Crippen LogP contribution in [0.15, 0.2) is 48.5 Å². The number of amides is 1. The van der Waals surface area contributed by atoms with Crippen LogP contribution in [0, 0.1) is 0 Å². The van der Waals surface area contributed by atoms with Crippen LogP contribution >= 0.6 is 0 Å². The van der Waals surface area contributed by atoms with Gasteiger partial charge in [-0.3, -0.25) is 4.98 Å². The topological polar surface area (TPSA) is 62.2 Å². The van der Waals surface area contributed by atoms with E-state index in [-0.39, 0.29) is 12.0 Å². The number of benzene rings is 1. The predicted molar refractivity (Wildman–Crippen MR) is 72.0 cm³/mol. The van der Waals surface area contributed by atoms with E-state index in [0.717, 1.165) is 23.4 Å². The smallest absolute Gasteiger partial charge is 0.404 e. The Kier molecular flexibility index (Phi) is 2.91. The average Bonchev–Trinajstić information content (AvgIpc) is 3.18. The predicted octanol–water partition coefficient (Wildman–Crippen LogP) is 2.87. The third kappa shape index (κ3) is 2.57. The monoisotopic (exact) mass is 254 g/mol. The van der Waals surface area contributed by atoms with E-state index in [0.29, 0.717) is 0 Å². The first-order valence-corrected chi connectivity index (χ1v) is 6.26. The molecule has 1 saturated carbocycles. The molecule has 1 aliphatic rings. The van der Waals surface area contributed by atoms with E-state index in [9.17, 15) is 4.79 Å². The maximum Gasteiger partial charge on any atom is 0.404 e. The summed E-state index contributed by atoms with van der Waals surface area (Å²) in [7, 11) is 0. The van der Waals surface area contributed by atoms with E-state index in [1.807, 2.05) is 48.5 Å². The lowest BCUT2D eigenvalue weighted by Gasteiger charge is -2.04. The second-order valence-corrected chi connectivity index (χ2v) is 4.71. The van der Waals surface area contributed by atoms with Gasteiger partial charge in [0.2, 0.25) is 0 Å². The summed E-state index contributed by atoms with van der Waals surface area (Å²) in [6.45, 7) is 0. The van der Waals surface area contributed by atoms with E-state index < -0.39 is 6.09 Å². The Labute approximate surface area is 111 Å². The summed E-state index contributed by atoms with van der Waals surface area (Å²) >= 11 is 0. The molecule has 1 amide bonds. The van der Waals surface area contributed by atoms with Crippen molar-refractivity contribution in [3.8, 4) is 11.3 Å². The van der Waals surface area contributed by atoms with Gasteiger partial charge in [0.05, 0.1) is 5.69 Å². The summed E-state index contributed by atoms with van der Waals surface area (Å²) < 4.78 is 0. The second kappa shape index (κ2) is 4.72. The Balaban J connectivity index is 1.80. The Morgan fingerprint density at radius 3 is 2.68 bits per heavy atom. The number of hydrogen-bond acceptors (Lipinski definition) is 2. The van der Waals surface area contributed by atoms with Gasteiger partial charge in [-0.2, -0.15) is 0 Å². The van der Waals surface area contributed by atoms with Crippen LogP contribution in [-0.4, -0.2) is 22.2 Å². The van der Waals surface area contributed by atoms with Crippen molar-refractivity contribution in [1.29, 1.82) is 0 Å². The third-order valence-corrected chi connectivity index (χ3v) is 3.32. The molecule has 3 rings (SSSR count). The number of carboxylic acid groups (broad SMARTS) is 1. The first kappa shape index (κ1) is 11.7. The number of nitrogens with zero attached hydrogens (tertiary/aromatic N) is 1. The van der Waals surface area contributed by atoms with E-state index >= 15 is 0 Å². The van der Waals surface area contributed by atoms with Gasteiger partial charge >= 0.3 is 6.09 Å². The molecular formula is C15H14N2O2. The molecule has 1 aromatic carbocycles. The molecule has 0 unspecified atom stereocenters. The zero-order chi connectivity index (χ0) is 13.2. The van der Waals surface area contributed by atoms with E-state index in [4.69, 9.17) is 5.11 Å². The lowest BCUT2D eigenvalue weighted by atomic mass is 10.1. The Bertz CT molecular complexity index is 598. The summed E-state index contributed by atoms with van der Waals surface area (Å²) in [5.41, 5.74) is 2.96. The summed E-state index contributed by atoms with van der Waals surface area (Å²) in [5, 5.41) is 11.2. The highest BCUT2D eigenvalue weighted by molar-refractivity contribution is 5.66. The molecule has 2 atom stereocenters. The molecule has 4 heteroatoms. The van der Waals surface area contributed by atoms with Gasteiger partial charge in [-0.25, -0.2) is 4.79 Å². The number of hydrogen-bond donors (Lipinski definition) is 2. The molecule has 1 aliphatic carbocycles. The summed E-state index contributed by atoms with van der Waals surface area (Å²) in [4.78, 5) is 15.2. The molecule has 0 aliphatic heterocycles. The summed E-state index contributed by atoms with van der Waals surface area (Å²) in [6, 6.07) is 15.9. The van der Waals surface area contributed by atoms with Crippen molar-refractivity contribution in [2.45, 2.75) is 18.4 Å². The van der Waals surface area contributed by atoms with Crippen molar-refractivity contribution in [2.24, 2.45) is 0 Å². The number of carbonyl (C=O) groups is 1. The van der Waals surface area contributed by atoms with Crippen LogP contribution in [0.4, 0.5) is 4.79 Å². The molecule has 0 radical (unpaired) electrons. The minimum atomic E-state index is -0.966. The van der Waals surface area contributed by atoms with Gasteiger partial charge in [0, 0.05) is 23.2 Å². The third-order valence-electron chi connectivity index (χ3n) is 3.32. The van der Waals surface area contributed by atoms with Gasteiger partial charge in [0.25, 0.3) is 0 Å². The van der Waals surface area contributed by atoms with E-state index in [1.165, 1.54) is 0 Å². The standard InChI is InChI=1S/C15H14N2O2/c18-15(19)17-14-9-11(14)13-8-4-7-12(16-13)10-5-2-1-3-6-10/h1-8,11,14,17H,9H2,(H,18,19)/t11-,14-/m1/s1. The zero-order valence-corrected chi connectivity index (χ0v) is 10.3. The van der Waals surface area contributed by atoms with Gasteiger partial charge < -0.3 is 10.4 Å². The molecule has 2 aromatic rings. The van der Waals surface area contributed by atoms with Crippen LogP contribution in [0.3, 0.4) is 0 Å². The van der Waals surface area contributed by atoms with Crippen LogP contribution in [0.1, 0.15) is 18.0 Å². The highest BCUT2D eigenvalue weighted by atomic mass is 16.4. The molecule has 0 spiro atoms. The normalized spacial score (nSPS) is 20.8. The molecule has 1 fully saturated rings. The first-order valence-electron chi connectivity index (χ1n) is 6.26. The molecule has 4 nitrogen and oxygen atoms in total. The highest BCUT2D eigenvalue weighted by Crippen LogP contribution is 2.40. The van der Waals surface area contributed by atoms with Crippen LogP contribution in [0.25, 0.3) is 11.3 Å². The van der Waals surface area contributed by atoms with Crippen LogP contribution in [0.5, 0.6) is 0 Å². The molecule has 1 heterocycles. The van der Waals surface area contributed by atoms with Gasteiger partial charge in [0.15, 0.2) is 0 Å². The first-order chi connectivity index (χ1) is 9.24. The minimum absolute atomic E-state index is 0.0102. The molecule has 1 aromatic heterocycles. The average molecular weight is 254 g/mol. The molecule has 0 saturated heterocycles. The lowest BCUT2D eigenvalue weighted by molar-refractivity contribution is 0.193. The molecule has 2 N–H and O–H groups in total. The Morgan fingerprint density at radius 2 is 1.95 bits per heavy atom. The number of rotatable bonds is 3. The van der Waals surface area contributed by atoms with Gasteiger partial charge in [-0.05, 0) is 18.6 Å². The van der Waals surface area contributed by atoms with Crippen LogP contribution < -0.4 is 5.32 Å². The highest BCUT2D eigenvalue weighted by Gasteiger charge is 2.40. The maximum atomic E-state index is 10.6. The maximum absolute atomic E-state index is 10.6. The second-order valence-electron chi connectivity index (χ2n) is 4.71. The van der Waals surface area contributed by atoms with Crippen LogP contribution in [-0.2, 0) is 0 Å². The largest absolute Gasteiger partial charge is 0.465 e. The van der Waals surface area contributed by atoms with E-state index in [1.54, 1.807) is 0 Å². The van der Waals surface area contributed by atoms with Gasteiger partial charge in [-0.15, -0.1) is 0 Å². The summed E-state index contributed by atoms with van der Waals surface area (Å²) in [6.07, 6.45) is -0.135. The van der Waals surface area contributed by atoms with Crippen molar-refractivity contribution < 1.29 is 9.90 Å². The number of aromatic nitrogens is 1. The Hall–Kier alpha value is -2.36. The number of pyridine rings is 1. The molecule has 0 bridgehead atoms. The fourth-order valence-electron chi connectivity index (χ4n) is 2.27. The molecular weight excluding hydrogens is 240 g/mol. The van der Waals surface area contributed by atoms with Crippen molar-refractivity contribution in [3.63, 3.8) is 0 Å².